The van der Waals surface area contributed by atoms with Gasteiger partial charge in [0, 0.05) is 23.9 Å². The third-order valence-corrected chi connectivity index (χ3v) is 3.92. The molecule has 0 unspecified atom stereocenters. The highest BCUT2D eigenvalue weighted by atomic mass is 16.5. The molecule has 0 fully saturated rings. The lowest BCUT2D eigenvalue weighted by atomic mass is 9.98. The Morgan fingerprint density at radius 1 is 1.38 bits per heavy atom. The first-order valence-corrected chi connectivity index (χ1v) is 7.89. The topological polar surface area (TPSA) is 117 Å². The molecule has 0 saturated carbocycles. The van der Waals surface area contributed by atoms with Crippen LogP contribution in [-0.4, -0.2) is 29.1 Å². The number of methoxy groups -OCH3 is 1. The van der Waals surface area contributed by atoms with E-state index >= 15 is 0 Å². The van der Waals surface area contributed by atoms with Crippen molar-refractivity contribution < 1.29 is 19.4 Å². The summed E-state index contributed by atoms with van der Waals surface area (Å²) >= 11 is 0. The van der Waals surface area contributed by atoms with Gasteiger partial charge in [0.25, 0.3) is 5.91 Å². The van der Waals surface area contributed by atoms with Gasteiger partial charge in [0.1, 0.15) is 5.75 Å². The second-order valence-corrected chi connectivity index (χ2v) is 5.62. The maximum Gasteiger partial charge on any atom is 0.304 e. The number of hydrogen-bond donors (Lipinski definition) is 4. The Morgan fingerprint density at radius 3 is 2.92 bits per heavy atom. The fraction of sp³-hybridized carbons (Fsp3) is 0.158. The summed E-state index contributed by atoms with van der Waals surface area (Å²) in [5.41, 5.74) is 9.27. The van der Waals surface area contributed by atoms with E-state index in [9.17, 15) is 9.59 Å². The van der Waals surface area contributed by atoms with Gasteiger partial charge in [-0.1, -0.05) is 11.8 Å². The number of ether oxygens (including phenoxy) is 1. The number of aromatic nitrogens is 1. The molecule has 1 amide bonds. The van der Waals surface area contributed by atoms with E-state index in [0.717, 1.165) is 0 Å². The summed E-state index contributed by atoms with van der Waals surface area (Å²) in [6.45, 7) is 0. The molecule has 3 rings (SSSR count). The zero-order valence-electron chi connectivity index (χ0n) is 14.1. The number of H-pyrrole nitrogens is 1. The smallest absolute Gasteiger partial charge is 0.304 e. The quantitative estimate of drug-likeness (QED) is 0.383. The van der Waals surface area contributed by atoms with Crippen LogP contribution in [0.25, 0.3) is 11.6 Å². The fourth-order valence-corrected chi connectivity index (χ4v) is 2.70. The Morgan fingerprint density at radius 2 is 2.19 bits per heavy atom. The van der Waals surface area contributed by atoms with Gasteiger partial charge in [-0.2, -0.15) is 0 Å². The highest BCUT2D eigenvalue weighted by Gasteiger charge is 2.28. The molecule has 1 aromatic heterocycles. The van der Waals surface area contributed by atoms with Gasteiger partial charge in [-0.3, -0.25) is 9.59 Å². The maximum absolute atomic E-state index is 12.4. The number of nitrogens with two attached hydrogens (primary N) is 1. The van der Waals surface area contributed by atoms with Crippen LogP contribution in [0.5, 0.6) is 5.75 Å². The first-order valence-electron chi connectivity index (χ1n) is 7.89. The highest BCUT2D eigenvalue weighted by molar-refractivity contribution is 6.35. The van der Waals surface area contributed by atoms with E-state index in [2.05, 4.69) is 22.1 Å². The first-order chi connectivity index (χ1) is 12.5. The van der Waals surface area contributed by atoms with E-state index in [1.807, 2.05) is 0 Å². The van der Waals surface area contributed by atoms with Gasteiger partial charge in [0.15, 0.2) is 0 Å². The Labute approximate surface area is 149 Å². The standard InChI is InChI=1S/C19H17N3O4/c1-26-16-8-9-21-15(16)10-12-18-11(4-2-3-5-17(23)24)13(20)6-7-14(18)22-19(12)25/h6-10,21H,3,5,20H2,1H3,(H,22,25)(H,23,24)/b12-10-. The van der Waals surface area contributed by atoms with Crippen LogP contribution >= 0.6 is 0 Å². The molecule has 2 aromatic rings. The number of carbonyl (C=O) groups excluding carboxylic acids is 1. The minimum absolute atomic E-state index is 0.0541. The van der Waals surface area contributed by atoms with Crippen molar-refractivity contribution in [2.45, 2.75) is 12.8 Å². The van der Waals surface area contributed by atoms with Crippen molar-refractivity contribution in [2.24, 2.45) is 0 Å². The lowest BCUT2D eigenvalue weighted by Crippen LogP contribution is -2.03. The summed E-state index contributed by atoms with van der Waals surface area (Å²) in [6, 6.07) is 5.14. The van der Waals surface area contributed by atoms with E-state index in [0.29, 0.717) is 39.5 Å². The predicted molar refractivity (Wildman–Crippen MR) is 98.4 cm³/mol. The van der Waals surface area contributed by atoms with E-state index in [1.54, 1.807) is 37.6 Å². The summed E-state index contributed by atoms with van der Waals surface area (Å²) in [5.74, 6) is 5.15. The van der Waals surface area contributed by atoms with Gasteiger partial charge < -0.3 is 25.9 Å². The zero-order valence-corrected chi connectivity index (χ0v) is 14.1. The lowest BCUT2D eigenvalue weighted by molar-refractivity contribution is -0.136. The van der Waals surface area contributed by atoms with Crippen LogP contribution in [0.2, 0.25) is 0 Å². The minimum atomic E-state index is -0.915. The number of amides is 1. The van der Waals surface area contributed by atoms with Gasteiger partial charge in [-0.25, -0.2) is 0 Å². The molecule has 0 spiro atoms. The predicted octanol–water partition coefficient (Wildman–Crippen LogP) is 2.31. The number of carbonyl (C=O) groups is 2. The summed E-state index contributed by atoms with van der Waals surface area (Å²) < 4.78 is 5.26. The number of anilines is 2. The third kappa shape index (κ3) is 3.26. The van der Waals surface area contributed by atoms with Gasteiger partial charge in [-0.15, -0.1) is 0 Å². The van der Waals surface area contributed by atoms with E-state index in [1.165, 1.54) is 0 Å². The number of nitrogens with one attached hydrogen (secondary N) is 2. The largest absolute Gasteiger partial charge is 0.495 e. The number of aliphatic carboxylic acids is 1. The van der Waals surface area contributed by atoms with Gasteiger partial charge >= 0.3 is 5.97 Å². The Kier molecular flexibility index (Phi) is 4.67. The SMILES string of the molecule is COc1cc[nH]c1/C=C1\C(=O)Nc2ccc(N)c(C#CCCC(=O)O)c21. The molecule has 1 aliphatic rings. The van der Waals surface area contributed by atoms with Gasteiger partial charge in [0.2, 0.25) is 0 Å². The van der Waals surface area contributed by atoms with Crippen LogP contribution < -0.4 is 15.8 Å². The van der Waals surface area contributed by atoms with Crippen molar-refractivity contribution in [1.82, 2.24) is 4.98 Å². The van der Waals surface area contributed by atoms with Crippen LogP contribution in [-0.2, 0) is 9.59 Å². The molecule has 7 heteroatoms. The average molecular weight is 351 g/mol. The normalized spacial score (nSPS) is 13.7. The number of nitrogen functional groups attached to an aromatic ring is 1. The third-order valence-electron chi connectivity index (χ3n) is 3.92. The van der Waals surface area contributed by atoms with Crippen molar-refractivity contribution in [1.29, 1.82) is 0 Å². The first kappa shape index (κ1) is 17.2. The maximum atomic E-state index is 12.4. The molecular formula is C19H17N3O4. The average Bonchev–Trinajstić information content (AvgIpc) is 3.18. The van der Waals surface area contributed by atoms with E-state index in [-0.39, 0.29) is 18.7 Å². The Hall–Kier alpha value is -3.66. The zero-order chi connectivity index (χ0) is 18.7. The lowest BCUT2D eigenvalue weighted by Gasteiger charge is -2.06. The number of fused-ring (bicyclic) bond motifs is 1. The monoisotopic (exact) mass is 351 g/mol. The molecule has 1 aromatic carbocycles. The summed E-state index contributed by atoms with van der Waals surface area (Å²) in [4.78, 5) is 26.1. The number of carboxylic acid groups (broad SMARTS) is 1. The highest BCUT2D eigenvalue weighted by Crippen LogP contribution is 2.38. The molecular weight excluding hydrogens is 334 g/mol. The van der Waals surface area contributed by atoms with Gasteiger partial charge in [0.05, 0.1) is 36.0 Å². The molecule has 2 heterocycles. The number of carboxylic acids is 1. The molecule has 0 radical (unpaired) electrons. The minimum Gasteiger partial charge on any atom is -0.495 e. The molecule has 7 nitrogen and oxygen atoms in total. The number of rotatable bonds is 4. The molecule has 5 N–H and O–H groups in total. The molecule has 1 aliphatic heterocycles. The van der Waals surface area contributed by atoms with Crippen molar-refractivity contribution in [3.05, 3.63) is 41.2 Å². The second-order valence-electron chi connectivity index (χ2n) is 5.62. The second kappa shape index (κ2) is 7.07. The Balaban J connectivity index is 2.07. The molecule has 0 bridgehead atoms. The number of hydrogen-bond acceptors (Lipinski definition) is 4. The van der Waals surface area contributed by atoms with Crippen LogP contribution in [0, 0.1) is 11.8 Å². The summed E-state index contributed by atoms with van der Waals surface area (Å²) in [7, 11) is 1.55. The molecule has 0 saturated heterocycles. The van der Waals surface area contributed by atoms with Crippen LogP contribution in [0.15, 0.2) is 24.4 Å². The summed E-state index contributed by atoms with van der Waals surface area (Å²) in [6.07, 6.45) is 3.54. The van der Waals surface area contributed by atoms with Crippen molar-refractivity contribution in [3.8, 4) is 17.6 Å². The van der Waals surface area contributed by atoms with Crippen LogP contribution in [0.3, 0.4) is 0 Å². The van der Waals surface area contributed by atoms with E-state index < -0.39 is 5.97 Å². The molecule has 26 heavy (non-hydrogen) atoms. The van der Waals surface area contributed by atoms with Crippen LogP contribution in [0.1, 0.15) is 29.7 Å². The Bertz CT molecular complexity index is 976. The van der Waals surface area contributed by atoms with Crippen molar-refractivity contribution in [2.75, 3.05) is 18.2 Å². The van der Waals surface area contributed by atoms with Crippen molar-refractivity contribution in [3.63, 3.8) is 0 Å². The number of aromatic amines is 1. The van der Waals surface area contributed by atoms with Crippen molar-refractivity contribution >= 4 is 34.9 Å². The number of benzene rings is 1. The van der Waals surface area contributed by atoms with Gasteiger partial charge in [-0.05, 0) is 24.3 Å². The molecule has 0 aliphatic carbocycles. The van der Waals surface area contributed by atoms with E-state index in [4.69, 9.17) is 15.6 Å². The van der Waals surface area contributed by atoms with Crippen LogP contribution in [0.4, 0.5) is 11.4 Å². The molecule has 132 valence electrons. The fourth-order valence-electron chi connectivity index (χ4n) is 2.70. The summed E-state index contributed by atoms with van der Waals surface area (Å²) in [5, 5.41) is 11.5. The molecule has 0 atom stereocenters.